The summed E-state index contributed by atoms with van der Waals surface area (Å²) in [7, 11) is 0. The summed E-state index contributed by atoms with van der Waals surface area (Å²) in [5.41, 5.74) is 7.53. The Morgan fingerprint density at radius 1 is 1.09 bits per heavy atom. The molecule has 2 nitrogen and oxygen atoms in total. The van der Waals surface area contributed by atoms with Crippen LogP contribution in [0.5, 0.6) is 0 Å². The molecule has 0 atom stereocenters. The van der Waals surface area contributed by atoms with E-state index in [-0.39, 0.29) is 0 Å². The smallest absolute Gasteiger partial charge is 0.212 e. The van der Waals surface area contributed by atoms with Crippen molar-refractivity contribution in [2.24, 2.45) is 0 Å². The Bertz CT molecular complexity index is 382. The van der Waals surface area contributed by atoms with Crippen molar-refractivity contribution >= 4 is 11.2 Å². The summed E-state index contributed by atoms with van der Waals surface area (Å²) in [6.45, 7) is 0. The molecule has 0 unspecified atom stereocenters. The van der Waals surface area contributed by atoms with Gasteiger partial charge in [0.1, 0.15) is 0 Å². The molecule has 0 saturated carbocycles. The summed E-state index contributed by atoms with van der Waals surface area (Å²) < 4.78 is 2.02. The normalized spacial score (nSPS) is 10.2. The van der Waals surface area contributed by atoms with Crippen LogP contribution >= 0.6 is 0 Å². The zero-order valence-corrected chi connectivity index (χ0v) is 6.07. The molecule has 0 amide bonds. The van der Waals surface area contributed by atoms with Crippen LogP contribution in [0.3, 0.4) is 0 Å². The molecule has 0 saturated heterocycles. The Hall–Kier alpha value is -1.57. The largest absolute Gasteiger partial charge is 0.398 e. The number of nitrogens with two attached hydrogens (primary N) is 1. The minimum atomic E-state index is 0.802. The number of hydrogen-bond donors (Lipinski definition) is 1. The van der Waals surface area contributed by atoms with E-state index in [2.05, 4.69) is 0 Å². The number of anilines is 1. The summed E-state index contributed by atoms with van der Waals surface area (Å²) in [6, 6.07) is 9.83. The topological polar surface area (TPSA) is 30.1 Å². The highest BCUT2D eigenvalue weighted by atomic mass is 14.8. The molecule has 2 N–H and O–H groups in total. The number of hydrogen-bond acceptors (Lipinski definition) is 1. The number of rotatable bonds is 0. The second-order valence-electron chi connectivity index (χ2n) is 2.49. The van der Waals surface area contributed by atoms with Gasteiger partial charge in [0, 0.05) is 30.0 Å². The average molecular weight is 145 g/mol. The van der Waals surface area contributed by atoms with Gasteiger partial charge in [0.2, 0.25) is 5.52 Å². The summed E-state index contributed by atoms with van der Waals surface area (Å²) >= 11 is 0. The van der Waals surface area contributed by atoms with Gasteiger partial charge in [0.25, 0.3) is 0 Å². The second kappa shape index (κ2) is 2.23. The molecule has 0 bridgehead atoms. The Morgan fingerprint density at radius 3 is 2.91 bits per heavy atom. The summed E-state index contributed by atoms with van der Waals surface area (Å²) in [5, 5.41) is 0. The molecule has 2 aromatic heterocycles. The standard InChI is InChI=1S/C9H8N2/c10-8-4-6-11-5-2-1-3-9(11)7-8/h1-7,10H/p+1. The summed E-state index contributed by atoms with van der Waals surface area (Å²) in [4.78, 5) is 0. The maximum Gasteiger partial charge on any atom is 0.212 e. The first kappa shape index (κ1) is 6.16. The second-order valence-corrected chi connectivity index (χ2v) is 2.49. The molecule has 2 aromatic rings. The Morgan fingerprint density at radius 2 is 2.00 bits per heavy atom. The Kier molecular flexibility index (Phi) is 1.25. The minimum absolute atomic E-state index is 0.802. The summed E-state index contributed by atoms with van der Waals surface area (Å²) in [5.74, 6) is 0. The van der Waals surface area contributed by atoms with Crippen LogP contribution in [0, 0.1) is 0 Å². The van der Waals surface area contributed by atoms with Crippen LogP contribution < -0.4 is 10.1 Å². The monoisotopic (exact) mass is 145 g/mol. The lowest BCUT2D eigenvalue weighted by Gasteiger charge is -1.90. The zero-order chi connectivity index (χ0) is 7.68. The van der Waals surface area contributed by atoms with E-state index in [0.29, 0.717) is 0 Å². The van der Waals surface area contributed by atoms with Crippen LogP contribution in [-0.4, -0.2) is 0 Å². The maximum absolute atomic E-state index is 5.61. The van der Waals surface area contributed by atoms with E-state index in [9.17, 15) is 0 Å². The van der Waals surface area contributed by atoms with Crippen LogP contribution in [0.15, 0.2) is 42.7 Å². The van der Waals surface area contributed by atoms with Crippen molar-refractivity contribution in [3.63, 3.8) is 0 Å². The van der Waals surface area contributed by atoms with Crippen molar-refractivity contribution in [3.05, 3.63) is 42.7 Å². The van der Waals surface area contributed by atoms with Crippen molar-refractivity contribution in [2.45, 2.75) is 0 Å². The predicted octanol–water partition coefficient (Wildman–Crippen LogP) is 1.01. The predicted molar refractivity (Wildman–Crippen MR) is 44.0 cm³/mol. The number of nitrogen functional groups attached to an aromatic ring is 1. The van der Waals surface area contributed by atoms with Crippen LogP contribution in [0.4, 0.5) is 5.69 Å². The fourth-order valence-corrected chi connectivity index (χ4v) is 1.11. The molecule has 11 heavy (non-hydrogen) atoms. The van der Waals surface area contributed by atoms with Crippen LogP contribution in [0.1, 0.15) is 0 Å². The van der Waals surface area contributed by atoms with Gasteiger partial charge < -0.3 is 5.73 Å². The minimum Gasteiger partial charge on any atom is -0.398 e. The molecule has 2 heterocycles. The van der Waals surface area contributed by atoms with Crippen LogP contribution in [0.2, 0.25) is 0 Å². The first-order valence-electron chi connectivity index (χ1n) is 3.52. The van der Waals surface area contributed by atoms with E-state index in [4.69, 9.17) is 5.73 Å². The fraction of sp³-hybridized carbons (Fsp3) is 0. The van der Waals surface area contributed by atoms with Crippen molar-refractivity contribution in [3.8, 4) is 0 Å². The lowest BCUT2D eigenvalue weighted by molar-refractivity contribution is -0.511. The van der Waals surface area contributed by atoms with E-state index in [1.54, 1.807) is 0 Å². The molecule has 0 radical (unpaired) electrons. The van der Waals surface area contributed by atoms with Crippen LogP contribution in [0.25, 0.3) is 5.52 Å². The molecular formula is C9H9N2+. The molecule has 2 heteroatoms. The highest BCUT2D eigenvalue weighted by molar-refractivity contribution is 5.50. The van der Waals surface area contributed by atoms with Gasteiger partial charge in [-0.25, -0.2) is 0 Å². The average Bonchev–Trinajstić information content (AvgIpc) is 2.04. The Balaban J connectivity index is 2.83. The Labute approximate surface area is 64.9 Å². The third-order valence-electron chi connectivity index (χ3n) is 1.67. The van der Waals surface area contributed by atoms with E-state index in [1.165, 1.54) is 0 Å². The van der Waals surface area contributed by atoms with Crippen molar-refractivity contribution in [1.29, 1.82) is 0 Å². The lowest BCUT2D eigenvalue weighted by atomic mass is 10.3. The molecule has 0 spiro atoms. The van der Waals surface area contributed by atoms with Gasteiger partial charge in [-0.2, -0.15) is 4.40 Å². The molecule has 0 fully saturated rings. The number of pyridine rings is 2. The highest BCUT2D eigenvalue weighted by Gasteiger charge is 1.97. The molecular weight excluding hydrogens is 136 g/mol. The van der Waals surface area contributed by atoms with Gasteiger partial charge in [0.15, 0.2) is 12.4 Å². The fourth-order valence-electron chi connectivity index (χ4n) is 1.11. The molecule has 54 valence electrons. The third-order valence-corrected chi connectivity index (χ3v) is 1.67. The van der Waals surface area contributed by atoms with Crippen LogP contribution in [-0.2, 0) is 0 Å². The maximum atomic E-state index is 5.61. The quantitative estimate of drug-likeness (QED) is 0.551. The first-order valence-corrected chi connectivity index (χ1v) is 3.52. The molecule has 0 aliphatic heterocycles. The van der Waals surface area contributed by atoms with Gasteiger partial charge in [-0.1, -0.05) is 0 Å². The van der Waals surface area contributed by atoms with Crippen molar-refractivity contribution in [2.75, 3.05) is 5.73 Å². The van der Waals surface area contributed by atoms with Crippen molar-refractivity contribution in [1.82, 2.24) is 0 Å². The zero-order valence-electron chi connectivity index (χ0n) is 6.07. The first-order chi connectivity index (χ1) is 5.36. The van der Waals surface area contributed by atoms with Gasteiger partial charge in [-0.05, 0) is 6.07 Å². The molecule has 0 aliphatic rings. The van der Waals surface area contributed by atoms with E-state index < -0.39 is 0 Å². The third kappa shape index (κ3) is 1.03. The van der Waals surface area contributed by atoms with Gasteiger partial charge >= 0.3 is 0 Å². The molecule has 0 aromatic carbocycles. The highest BCUT2D eigenvalue weighted by Crippen LogP contribution is 2.01. The van der Waals surface area contributed by atoms with Gasteiger partial charge in [-0.3, -0.25) is 0 Å². The number of nitrogens with zero attached hydrogens (tertiary/aromatic N) is 1. The number of fused-ring (bicyclic) bond motifs is 1. The summed E-state index contributed by atoms with van der Waals surface area (Å²) in [6.07, 6.45) is 3.94. The molecule has 0 aliphatic carbocycles. The SMILES string of the molecule is Nc1cc[n+]2ccccc2c1. The van der Waals surface area contributed by atoms with Crippen molar-refractivity contribution < 1.29 is 4.40 Å². The van der Waals surface area contributed by atoms with E-state index >= 15 is 0 Å². The number of aromatic nitrogens is 1. The molecule has 2 rings (SSSR count). The van der Waals surface area contributed by atoms with Gasteiger partial charge in [-0.15, -0.1) is 0 Å². The lowest BCUT2D eigenvalue weighted by Crippen LogP contribution is -2.19. The van der Waals surface area contributed by atoms with E-state index in [0.717, 1.165) is 11.2 Å². The van der Waals surface area contributed by atoms with Gasteiger partial charge in [0.05, 0.1) is 0 Å². The van der Waals surface area contributed by atoms with E-state index in [1.807, 2.05) is 47.1 Å².